The molecule has 0 atom stereocenters. The van der Waals surface area contributed by atoms with Gasteiger partial charge in [-0.05, 0) is 12.1 Å². The van der Waals surface area contributed by atoms with Crippen molar-refractivity contribution in [3.8, 4) is 0 Å². The standard InChI is InChI=1S/C6H5N2P/c1-2-4-6-5(3-1)7-8-9-6/h1-4H,(H,7,8). The summed E-state index contributed by atoms with van der Waals surface area (Å²) in [5.74, 6) is 0. The number of para-hydroxylation sites is 1. The van der Waals surface area contributed by atoms with Crippen LogP contribution in [0.3, 0.4) is 0 Å². The van der Waals surface area contributed by atoms with Crippen LogP contribution >= 0.6 is 8.35 Å². The van der Waals surface area contributed by atoms with Crippen LogP contribution in [-0.4, -0.2) is 9.96 Å². The van der Waals surface area contributed by atoms with Gasteiger partial charge in [-0.1, -0.05) is 12.1 Å². The summed E-state index contributed by atoms with van der Waals surface area (Å²) in [6, 6.07) is 8.12. The average molecular weight is 136 g/mol. The van der Waals surface area contributed by atoms with E-state index in [1.807, 2.05) is 18.2 Å². The second-order valence-electron chi connectivity index (χ2n) is 1.83. The summed E-state index contributed by atoms with van der Waals surface area (Å²) in [5.41, 5.74) is 1.14. The van der Waals surface area contributed by atoms with Gasteiger partial charge in [-0.15, -0.1) is 0 Å². The first kappa shape index (κ1) is 4.95. The summed E-state index contributed by atoms with van der Waals surface area (Å²) in [7, 11) is 1.04. The van der Waals surface area contributed by atoms with E-state index in [0.717, 1.165) is 13.9 Å². The molecule has 0 aliphatic rings. The molecule has 0 aliphatic heterocycles. The second kappa shape index (κ2) is 1.82. The Bertz CT molecular complexity index is 285. The van der Waals surface area contributed by atoms with Gasteiger partial charge in [0.05, 0.1) is 13.9 Å². The average Bonchev–Trinajstić information content (AvgIpc) is 2.33. The van der Waals surface area contributed by atoms with E-state index >= 15 is 0 Å². The third-order valence-corrected chi connectivity index (χ3v) is 2.04. The lowest BCUT2D eigenvalue weighted by atomic mass is 10.3. The Balaban J connectivity index is 2.95. The number of hydrogen-bond acceptors (Lipinski definition) is 1. The van der Waals surface area contributed by atoms with Gasteiger partial charge in [0.15, 0.2) is 0 Å². The first-order valence-corrected chi connectivity index (χ1v) is 3.57. The molecule has 1 heterocycles. The van der Waals surface area contributed by atoms with E-state index in [1.165, 1.54) is 5.12 Å². The maximum atomic E-state index is 3.97. The van der Waals surface area contributed by atoms with E-state index in [-0.39, 0.29) is 0 Å². The molecule has 0 aliphatic carbocycles. The van der Waals surface area contributed by atoms with Crippen molar-refractivity contribution < 1.29 is 0 Å². The monoisotopic (exact) mass is 136 g/mol. The number of aromatic amines is 1. The number of aromatic nitrogens is 2. The lowest BCUT2D eigenvalue weighted by molar-refractivity contribution is 1.20. The fourth-order valence-electron chi connectivity index (χ4n) is 0.788. The van der Waals surface area contributed by atoms with Crippen LogP contribution in [0.1, 0.15) is 0 Å². The SMILES string of the molecule is c1ccc2pn[nH]c2c1. The van der Waals surface area contributed by atoms with Gasteiger partial charge >= 0.3 is 0 Å². The minimum absolute atomic E-state index is 1.04. The van der Waals surface area contributed by atoms with Crippen molar-refractivity contribution in [1.82, 2.24) is 9.96 Å². The van der Waals surface area contributed by atoms with Gasteiger partial charge in [0.2, 0.25) is 0 Å². The Morgan fingerprint density at radius 2 is 2.22 bits per heavy atom. The molecule has 2 nitrogen and oxygen atoms in total. The number of benzene rings is 1. The van der Waals surface area contributed by atoms with Crippen molar-refractivity contribution in [2.45, 2.75) is 0 Å². The maximum Gasteiger partial charge on any atom is 0.0708 e. The number of nitrogens with one attached hydrogen (secondary N) is 1. The number of hydrogen-bond donors (Lipinski definition) is 1. The normalized spacial score (nSPS) is 11.1. The molecular formula is C6H5N2P. The molecule has 2 rings (SSSR count). The van der Waals surface area contributed by atoms with Crippen molar-refractivity contribution in [2.75, 3.05) is 0 Å². The van der Waals surface area contributed by atoms with Crippen LogP contribution in [0, 0.1) is 0 Å². The van der Waals surface area contributed by atoms with Crippen LogP contribution < -0.4 is 0 Å². The Morgan fingerprint density at radius 3 is 3.11 bits per heavy atom. The topological polar surface area (TPSA) is 28.7 Å². The van der Waals surface area contributed by atoms with Crippen LogP contribution in [0.25, 0.3) is 10.6 Å². The van der Waals surface area contributed by atoms with Crippen molar-refractivity contribution in [3.05, 3.63) is 24.3 Å². The highest BCUT2D eigenvalue weighted by atomic mass is 31.0. The zero-order chi connectivity index (χ0) is 6.10. The van der Waals surface area contributed by atoms with Gasteiger partial charge in [-0.25, -0.2) is 0 Å². The highest BCUT2D eigenvalue weighted by molar-refractivity contribution is 7.32. The Hall–Kier alpha value is -0.880. The fraction of sp³-hybridized carbons (Fsp3) is 0. The highest BCUT2D eigenvalue weighted by Gasteiger charge is 1.89. The smallest absolute Gasteiger partial charge is 0.0708 e. The van der Waals surface area contributed by atoms with Crippen molar-refractivity contribution >= 4 is 19.0 Å². The lowest BCUT2D eigenvalue weighted by Crippen LogP contribution is -1.63. The number of nitrogens with zero attached hydrogens (tertiary/aromatic N) is 1. The van der Waals surface area contributed by atoms with E-state index in [0.29, 0.717) is 0 Å². The molecular weight excluding hydrogens is 131 g/mol. The summed E-state index contributed by atoms with van der Waals surface area (Å²) in [5, 5.41) is 4.17. The molecule has 3 heteroatoms. The van der Waals surface area contributed by atoms with Crippen LogP contribution in [0.2, 0.25) is 0 Å². The van der Waals surface area contributed by atoms with Gasteiger partial charge in [0, 0.05) is 5.12 Å². The summed E-state index contributed by atoms with van der Waals surface area (Å²) >= 11 is 0. The second-order valence-corrected chi connectivity index (χ2v) is 2.71. The van der Waals surface area contributed by atoms with Crippen LogP contribution in [0.4, 0.5) is 0 Å². The molecule has 44 valence electrons. The molecule has 0 unspecified atom stereocenters. The molecule has 0 bridgehead atoms. The molecule has 9 heavy (non-hydrogen) atoms. The zero-order valence-electron chi connectivity index (χ0n) is 4.70. The van der Waals surface area contributed by atoms with Crippen LogP contribution in [-0.2, 0) is 0 Å². The molecule has 0 spiro atoms. The zero-order valence-corrected chi connectivity index (χ0v) is 5.60. The molecule has 1 aromatic carbocycles. The Labute approximate surface area is 54.1 Å². The maximum absolute atomic E-state index is 3.97. The minimum atomic E-state index is 1.04. The van der Waals surface area contributed by atoms with Crippen LogP contribution in [0.5, 0.6) is 0 Å². The number of H-pyrrole nitrogens is 1. The Kier molecular flexibility index (Phi) is 0.998. The highest BCUT2D eigenvalue weighted by Crippen LogP contribution is 2.17. The predicted molar refractivity (Wildman–Crippen MR) is 38.6 cm³/mol. The van der Waals surface area contributed by atoms with E-state index in [4.69, 9.17) is 0 Å². The van der Waals surface area contributed by atoms with Gasteiger partial charge in [-0.3, -0.25) is 5.10 Å². The number of fused-ring (bicyclic) bond motifs is 1. The van der Waals surface area contributed by atoms with Crippen molar-refractivity contribution in [2.24, 2.45) is 0 Å². The third kappa shape index (κ3) is 0.718. The molecule has 0 saturated heterocycles. The summed E-state index contributed by atoms with van der Waals surface area (Å²) < 4.78 is 0. The summed E-state index contributed by atoms with van der Waals surface area (Å²) in [6.45, 7) is 0. The molecule has 0 saturated carbocycles. The molecule has 0 amide bonds. The molecule has 2 aromatic rings. The minimum Gasteiger partial charge on any atom is -0.274 e. The van der Waals surface area contributed by atoms with E-state index in [2.05, 4.69) is 16.0 Å². The van der Waals surface area contributed by atoms with Gasteiger partial charge in [-0.2, -0.15) is 4.86 Å². The quantitative estimate of drug-likeness (QED) is 0.590. The fourth-order valence-corrected chi connectivity index (χ4v) is 1.44. The van der Waals surface area contributed by atoms with E-state index in [1.54, 1.807) is 0 Å². The van der Waals surface area contributed by atoms with E-state index in [9.17, 15) is 0 Å². The first-order valence-electron chi connectivity index (χ1n) is 2.72. The predicted octanol–water partition coefficient (Wildman–Crippen LogP) is 2.14. The van der Waals surface area contributed by atoms with E-state index < -0.39 is 0 Å². The molecule has 1 N–H and O–H groups in total. The van der Waals surface area contributed by atoms with Crippen molar-refractivity contribution in [1.29, 1.82) is 0 Å². The van der Waals surface area contributed by atoms with Crippen LogP contribution in [0.15, 0.2) is 24.3 Å². The third-order valence-electron chi connectivity index (χ3n) is 1.23. The summed E-state index contributed by atoms with van der Waals surface area (Å²) in [6.07, 6.45) is 0. The van der Waals surface area contributed by atoms with Crippen molar-refractivity contribution in [3.63, 3.8) is 0 Å². The molecule has 1 aromatic heterocycles. The largest absolute Gasteiger partial charge is 0.274 e. The molecule has 0 fully saturated rings. The summed E-state index contributed by atoms with van der Waals surface area (Å²) in [4.78, 5) is 3.97. The van der Waals surface area contributed by atoms with Gasteiger partial charge in [0.25, 0.3) is 0 Å². The van der Waals surface area contributed by atoms with Gasteiger partial charge in [0.1, 0.15) is 0 Å². The Morgan fingerprint density at radius 1 is 1.33 bits per heavy atom. The molecule has 0 radical (unpaired) electrons. The number of rotatable bonds is 0. The lowest BCUT2D eigenvalue weighted by Gasteiger charge is -1.80. The first-order chi connectivity index (χ1) is 4.47. The van der Waals surface area contributed by atoms with Gasteiger partial charge < -0.3 is 0 Å².